The Morgan fingerprint density at radius 1 is 1.46 bits per heavy atom. The minimum atomic E-state index is -0.438. The molecule has 3 N–H and O–H groups in total. The highest BCUT2D eigenvalue weighted by Gasteiger charge is 2.33. The average Bonchev–Trinajstić information content (AvgIpc) is 2.04. The number of ether oxygens (including phenoxy) is 1. The Balaban J connectivity index is 2.49. The summed E-state index contributed by atoms with van der Waals surface area (Å²) in [6.07, 6.45) is 2.99. The lowest BCUT2D eigenvalue weighted by atomic mass is 9.73. The van der Waals surface area contributed by atoms with Crippen LogP contribution in [0, 0.1) is 5.41 Å². The largest absolute Gasteiger partial charge is 0.394 e. The van der Waals surface area contributed by atoms with Crippen LogP contribution in [0.25, 0.3) is 0 Å². The molecule has 1 fully saturated rings. The van der Waals surface area contributed by atoms with Gasteiger partial charge in [-0.25, -0.2) is 0 Å². The van der Waals surface area contributed by atoms with Crippen molar-refractivity contribution in [1.82, 2.24) is 0 Å². The summed E-state index contributed by atoms with van der Waals surface area (Å²) in [5.74, 6) is 0. The first-order valence-electron chi connectivity index (χ1n) is 4.95. The number of hydrogen-bond acceptors (Lipinski definition) is 3. The fourth-order valence-electron chi connectivity index (χ4n) is 2.07. The van der Waals surface area contributed by atoms with Crippen molar-refractivity contribution < 1.29 is 9.84 Å². The Morgan fingerprint density at radius 2 is 2.00 bits per heavy atom. The highest BCUT2D eigenvalue weighted by atomic mass is 16.5. The van der Waals surface area contributed by atoms with E-state index < -0.39 is 5.54 Å². The van der Waals surface area contributed by atoms with Gasteiger partial charge in [-0.1, -0.05) is 6.92 Å². The standard InChI is InChI=1S/C10H21NO2/c1-9(3-5-13-6-4-9)7-10(2,11)8-12/h12H,3-8,11H2,1-2H3. The van der Waals surface area contributed by atoms with Gasteiger partial charge in [0.25, 0.3) is 0 Å². The second-order valence-corrected chi connectivity index (χ2v) is 4.91. The van der Waals surface area contributed by atoms with Crippen molar-refractivity contribution in [3.63, 3.8) is 0 Å². The molecule has 0 bridgehead atoms. The van der Waals surface area contributed by atoms with Crippen LogP contribution in [0.15, 0.2) is 0 Å². The Morgan fingerprint density at radius 3 is 2.46 bits per heavy atom. The first kappa shape index (κ1) is 11.0. The minimum Gasteiger partial charge on any atom is -0.394 e. The number of hydrogen-bond donors (Lipinski definition) is 2. The van der Waals surface area contributed by atoms with Crippen molar-refractivity contribution >= 4 is 0 Å². The zero-order chi connectivity index (χ0) is 9.95. The van der Waals surface area contributed by atoms with Crippen LogP contribution in [-0.2, 0) is 4.74 Å². The molecule has 13 heavy (non-hydrogen) atoms. The van der Waals surface area contributed by atoms with Crippen LogP contribution < -0.4 is 5.73 Å². The maximum Gasteiger partial charge on any atom is 0.0608 e. The predicted molar refractivity (Wildman–Crippen MR) is 52.5 cm³/mol. The van der Waals surface area contributed by atoms with E-state index in [2.05, 4.69) is 6.92 Å². The van der Waals surface area contributed by atoms with Gasteiger partial charge >= 0.3 is 0 Å². The van der Waals surface area contributed by atoms with Gasteiger partial charge in [-0.3, -0.25) is 0 Å². The molecule has 0 aromatic carbocycles. The van der Waals surface area contributed by atoms with Crippen molar-refractivity contribution in [1.29, 1.82) is 0 Å². The van der Waals surface area contributed by atoms with Crippen LogP contribution in [0.1, 0.15) is 33.1 Å². The second kappa shape index (κ2) is 3.95. The van der Waals surface area contributed by atoms with Gasteiger partial charge in [0.05, 0.1) is 6.61 Å². The quantitative estimate of drug-likeness (QED) is 0.690. The van der Waals surface area contributed by atoms with Crippen molar-refractivity contribution in [2.45, 2.75) is 38.6 Å². The predicted octanol–water partition coefficient (Wildman–Crippen LogP) is 0.903. The van der Waals surface area contributed by atoms with E-state index >= 15 is 0 Å². The normalized spacial score (nSPS) is 26.8. The van der Waals surface area contributed by atoms with Gasteiger partial charge in [0.2, 0.25) is 0 Å². The van der Waals surface area contributed by atoms with E-state index in [1.807, 2.05) is 6.92 Å². The number of aliphatic hydroxyl groups excluding tert-OH is 1. The van der Waals surface area contributed by atoms with Gasteiger partial charge in [-0.2, -0.15) is 0 Å². The smallest absolute Gasteiger partial charge is 0.0608 e. The summed E-state index contributed by atoms with van der Waals surface area (Å²) >= 11 is 0. The molecular formula is C10H21NO2. The van der Waals surface area contributed by atoms with E-state index in [1.165, 1.54) is 0 Å². The highest BCUT2D eigenvalue weighted by Crippen LogP contribution is 2.36. The van der Waals surface area contributed by atoms with Gasteiger partial charge in [-0.05, 0) is 31.6 Å². The van der Waals surface area contributed by atoms with Crippen molar-refractivity contribution in [2.24, 2.45) is 11.1 Å². The summed E-state index contributed by atoms with van der Waals surface area (Å²) in [5.41, 5.74) is 5.76. The molecule has 0 radical (unpaired) electrons. The molecule has 0 aromatic rings. The van der Waals surface area contributed by atoms with Crippen LogP contribution in [0.4, 0.5) is 0 Å². The Labute approximate surface area is 80.3 Å². The Bertz CT molecular complexity index is 162. The first-order chi connectivity index (χ1) is 5.97. The minimum absolute atomic E-state index is 0.0590. The molecule has 1 saturated heterocycles. The van der Waals surface area contributed by atoms with E-state index in [4.69, 9.17) is 15.6 Å². The lowest BCUT2D eigenvalue weighted by Crippen LogP contribution is -2.46. The molecule has 1 rings (SSSR count). The molecule has 0 aromatic heterocycles. The van der Waals surface area contributed by atoms with Crippen LogP contribution in [0.2, 0.25) is 0 Å². The Hall–Kier alpha value is -0.120. The highest BCUT2D eigenvalue weighted by molar-refractivity contribution is 4.88. The fourth-order valence-corrected chi connectivity index (χ4v) is 2.07. The second-order valence-electron chi connectivity index (χ2n) is 4.91. The summed E-state index contributed by atoms with van der Waals surface area (Å²) in [5, 5.41) is 9.08. The molecular weight excluding hydrogens is 166 g/mol. The Kier molecular flexibility index (Phi) is 3.33. The summed E-state index contributed by atoms with van der Waals surface area (Å²) in [7, 11) is 0. The molecule has 3 heteroatoms. The molecule has 78 valence electrons. The van der Waals surface area contributed by atoms with E-state index in [0.717, 1.165) is 32.5 Å². The molecule has 0 spiro atoms. The lowest BCUT2D eigenvalue weighted by molar-refractivity contribution is 0.00422. The molecule has 1 atom stereocenters. The molecule has 1 aliphatic heterocycles. The zero-order valence-corrected chi connectivity index (χ0v) is 8.68. The van der Waals surface area contributed by atoms with Gasteiger partial charge in [0.15, 0.2) is 0 Å². The third-order valence-electron chi connectivity index (χ3n) is 2.89. The third kappa shape index (κ3) is 3.25. The average molecular weight is 187 g/mol. The van der Waals surface area contributed by atoms with Crippen LogP contribution in [-0.4, -0.2) is 30.5 Å². The molecule has 3 nitrogen and oxygen atoms in total. The monoisotopic (exact) mass is 187 g/mol. The molecule has 0 saturated carbocycles. The van der Waals surface area contributed by atoms with E-state index in [9.17, 15) is 0 Å². The third-order valence-corrected chi connectivity index (χ3v) is 2.89. The molecule has 1 unspecified atom stereocenters. The SMILES string of the molecule is CC(N)(CO)CC1(C)CCOCC1. The van der Waals surface area contributed by atoms with E-state index in [0.29, 0.717) is 0 Å². The van der Waals surface area contributed by atoms with E-state index in [1.54, 1.807) is 0 Å². The maximum atomic E-state index is 9.08. The number of aliphatic hydroxyl groups is 1. The summed E-state index contributed by atoms with van der Waals surface area (Å²) in [6.45, 7) is 5.86. The molecule has 1 heterocycles. The molecule has 0 aliphatic carbocycles. The fraction of sp³-hybridized carbons (Fsp3) is 1.00. The van der Waals surface area contributed by atoms with Gasteiger partial charge in [0.1, 0.15) is 0 Å². The topological polar surface area (TPSA) is 55.5 Å². The number of rotatable bonds is 3. The maximum absolute atomic E-state index is 9.08. The molecule has 0 amide bonds. The summed E-state index contributed by atoms with van der Waals surface area (Å²) in [6, 6.07) is 0. The van der Waals surface area contributed by atoms with Gasteiger partial charge in [-0.15, -0.1) is 0 Å². The molecule has 1 aliphatic rings. The van der Waals surface area contributed by atoms with Crippen molar-refractivity contribution in [2.75, 3.05) is 19.8 Å². The first-order valence-corrected chi connectivity index (χ1v) is 4.95. The van der Waals surface area contributed by atoms with Crippen LogP contribution >= 0.6 is 0 Å². The summed E-state index contributed by atoms with van der Waals surface area (Å²) in [4.78, 5) is 0. The summed E-state index contributed by atoms with van der Waals surface area (Å²) < 4.78 is 5.31. The number of nitrogens with two attached hydrogens (primary N) is 1. The van der Waals surface area contributed by atoms with Crippen LogP contribution in [0.5, 0.6) is 0 Å². The van der Waals surface area contributed by atoms with Crippen LogP contribution in [0.3, 0.4) is 0 Å². The zero-order valence-electron chi connectivity index (χ0n) is 8.68. The van der Waals surface area contributed by atoms with Crippen molar-refractivity contribution in [3.05, 3.63) is 0 Å². The van der Waals surface area contributed by atoms with E-state index in [-0.39, 0.29) is 12.0 Å². The van der Waals surface area contributed by atoms with Gasteiger partial charge in [0, 0.05) is 18.8 Å². The van der Waals surface area contributed by atoms with Gasteiger partial charge < -0.3 is 15.6 Å². The lowest BCUT2D eigenvalue weighted by Gasteiger charge is -2.39. The van der Waals surface area contributed by atoms with Crippen molar-refractivity contribution in [3.8, 4) is 0 Å².